The standard InChI is InChI=1S/C21H29ClN4O2/c1-15-2-3-17(22)14-19(15)24-10-12-25(13-11-24)20(27)16-6-8-26(9-7-16)21(28)23-18-4-5-18/h2-3,14,16,18H,4-13H2,1H3,(H,23,28). The number of aryl methyl sites for hydroxylation is 1. The molecular formula is C21H29ClN4O2. The maximum atomic E-state index is 12.9. The van der Waals surface area contributed by atoms with Crippen LogP contribution in [-0.4, -0.2) is 67.0 Å². The SMILES string of the molecule is Cc1ccc(Cl)cc1N1CCN(C(=O)C2CCN(C(=O)NC3CC3)CC2)CC1. The van der Waals surface area contributed by atoms with E-state index in [-0.39, 0.29) is 17.9 Å². The van der Waals surface area contributed by atoms with Crippen LogP contribution in [0.5, 0.6) is 0 Å². The van der Waals surface area contributed by atoms with Gasteiger partial charge in [0, 0.05) is 61.9 Å². The normalized spacial score (nSPS) is 21.0. The first-order chi connectivity index (χ1) is 13.5. The van der Waals surface area contributed by atoms with Crippen molar-refractivity contribution in [2.75, 3.05) is 44.2 Å². The molecule has 0 bridgehead atoms. The van der Waals surface area contributed by atoms with Crippen molar-refractivity contribution in [1.82, 2.24) is 15.1 Å². The van der Waals surface area contributed by atoms with Crippen molar-refractivity contribution >= 4 is 29.2 Å². The fourth-order valence-electron chi connectivity index (χ4n) is 4.17. The van der Waals surface area contributed by atoms with Crippen LogP contribution in [0.1, 0.15) is 31.2 Å². The van der Waals surface area contributed by atoms with Crippen molar-refractivity contribution in [2.24, 2.45) is 5.92 Å². The van der Waals surface area contributed by atoms with Crippen molar-refractivity contribution in [2.45, 2.75) is 38.6 Å². The molecule has 2 saturated heterocycles. The van der Waals surface area contributed by atoms with Gasteiger partial charge in [0.15, 0.2) is 0 Å². The van der Waals surface area contributed by atoms with E-state index in [0.29, 0.717) is 19.1 Å². The Balaban J connectivity index is 1.26. The van der Waals surface area contributed by atoms with Gasteiger partial charge in [-0.05, 0) is 50.3 Å². The molecule has 3 fully saturated rings. The Kier molecular flexibility index (Phi) is 5.67. The summed E-state index contributed by atoms with van der Waals surface area (Å²) >= 11 is 6.16. The molecule has 2 heterocycles. The molecule has 0 aromatic heterocycles. The van der Waals surface area contributed by atoms with Crippen molar-refractivity contribution < 1.29 is 9.59 Å². The molecule has 0 spiro atoms. The summed E-state index contributed by atoms with van der Waals surface area (Å²) in [6.45, 7) is 6.59. The third-order valence-electron chi connectivity index (χ3n) is 6.14. The minimum Gasteiger partial charge on any atom is -0.368 e. The van der Waals surface area contributed by atoms with Gasteiger partial charge in [-0.1, -0.05) is 17.7 Å². The molecular weight excluding hydrogens is 376 g/mol. The Morgan fingerprint density at radius 1 is 0.964 bits per heavy atom. The summed E-state index contributed by atoms with van der Waals surface area (Å²) in [4.78, 5) is 31.3. The lowest BCUT2D eigenvalue weighted by Gasteiger charge is -2.39. The summed E-state index contributed by atoms with van der Waals surface area (Å²) < 4.78 is 0. The Labute approximate surface area is 171 Å². The number of likely N-dealkylation sites (tertiary alicyclic amines) is 1. The lowest BCUT2D eigenvalue weighted by Crippen LogP contribution is -2.52. The number of piperidine rings is 1. The molecule has 6 nitrogen and oxygen atoms in total. The van der Waals surface area contributed by atoms with E-state index in [2.05, 4.69) is 17.1 Å². The number of hydrogen-bond acceptors (Lipinski definition) is 3. The molecule has 4 rings (SSSR count). The second-order valence-corrected chi connectivity index (χ2v) is 8.66. The zero-order valence-electron chi connectivity index (χ0n) is 16.5. The van der Waals surface area contributed by atoms with E-state index in [4.69, 9.17) is 11.6 Å². The van der Waals surface area contributed by atoms with Gasteiger partial charge in [-0.15, -0.1) is 0 Å². The van der Waals surface area contributed by atoms with E-state index >= 15 is 0 Å². The molecule has 3 amide bonds. The Morgan fingerprint density at radius 3 is 2.29 bits per heavy atom. The summed E-state index contributed by atoms with van der Waals surface area (Å²) in [6.07, 6.45) is 3.73. The van der Waals surface area contributed by atoms with Gasteiger partial charge in [0.25, 0.3) is 0 Å². The average molecular weight is 405 g/mol. The Bertz CT molecular complexity index is 736. The van der Waals surface area contributed by atoms with Crippen LogP contribution in [-0.2, 0) is 4.79 Å². The van der Waals surface area contributed by atoms with Crippen molar-refractivity contribution in [1.29, 1.82) is 0 Å². The number of urea groups is 1. The van der Waals surface area contributed by atoms with Crippen LogP contribution in [0.15, 0.2) is 18.2 Å². The Morgan fingerprint density at radius 2 is 1.64 bits per heavy atom. The number of anilines is 1. The highest BCUT2D eigenvalue weighted by molar-refractivity contribution is 6.30. The first-order valence-corrected chi connectivity index (χ1v) is 10.7. The number of nitrogens with zero attached hydrogens (tertiary/aromatic N) is 3. The van der Waals surface area contributed by atoms with Crippen LogP contribution in [0.4, 0.5) is 10.5 Å². The molecule has 28 heavy (non-hydrogen) atoms. The van der Waals surface area contributed by atoms with E-state index < -0.39 is 0 Å². The summed E-state index contributed by atoms with van der Waals surface area (Å²) in [5, 5.41) is 3.78. The molecule has 0 radical (unpaired) electrons. The van der Waals surface area contributed by atoms with Gasteiger partial charge in [-0.3, -0.25) is 4.79 Å². The number of amides is 3. The largest absolute Gasteiger partial charge is 0.368 e. The summed E-state index contributed by atoms with van der Waals surface area (Å²) in [6, 6.07) is 6.39. The van der Waals surface area contributed by atoms with Gasteiger partial charge >= 0.3 is 6.03 Å². The highest BCUT2D eigenvalue weighted by Crippen LogP contribution is 2.27. The lowest BCUT2D eigenvalue weighted by molar-refractivity contribution is -0.137. The molecule has 3 aliphatic rings. The summed E-state index contributed by atoms with van der Waals surface area (Å²) in [7, 11) is 0. The summed E-state index contributed by atoms with van der Waals surface area (Å²) in [5.74, 6) is 0.300. The van der Waals surface area contributed by atoms with Gasteiger partial charge in [-0.2, -0.15) is 0 Å². The highest BCUT2D eigenvalue weighted by Gasteiger charge is 2.33. The predicted molar refractivity (Wildman–Crippen MR) is 111 cm³/mol. The second kappa shape index (κ2) is 8.19. The number of carbonyl (C=O) groups is 2. The average Bonchev–Trinajstić information content (AvgIpc) is 3.53. The molecule has 1 N–H and O–H groups in total. The Hall–Kier alpha value is -1.95. The number of hydrogen-bond donors (Lipinski definition) is 1. The van der Waals surface area contributed by atoms with E-state index in [9.17, 15) is 9.59 Å². The first-order valence-electron chi connectivity index (χ1n) is 10.4. The van der Waals surface area contributed by atoms with E-state index in [1.165, 1.54) is 5.56 Å². The van der Waals surface area contributed by atoms with Crippen molar-refractivity contribution in [3.8, 4) is 0 Å². The molecule has 1 aromatic rings. The van der Waals surface area contributed by atoms with Crippen molar-refractivity contribution in [3.05, 3.63) is 28.8 Å². The molecule has 0 atom stereocenters. The number of benzene rings is 1. The number of halogens is 1. The monoisotopic (exact) mass is 404 g/mol. The van der Waals surface area contributed by atoms with E-state index in [0.717, 1.165) is 62.6 Å². The quantitative estimate of drug-likeness (QED) is 0.842. The first kappa shape index (κ1) is 19.4. The molecule has 2 aliphatic heterocycles. The van der Waals surface area contributed by atoms with Crippen LogP contribution in [0.2, 0.25) is 5.02 Å². The molecule has 1 saturated carbocycles. The number of rotatable bonds is 3. The predicted octanol–water partition coefficient (Wildman–Crippen LogP) is 2.88. The number of carbonyl (C=O) groups excluding carboxylic acids is 2. The molecule has 7 heteroatoms. The fraction of sp³-hybridized carbons (Fsp3) is 0.619. The van der Waals surface area contributed by atoms with Gasteiger partial charge in [0.1, 0.15) is 0 Å². The molecule has 1 aromatic carbocycles. The number of piperazine rings is 1. The third kappa shape index (κ3) is 4.37. The van der Waals surface area contributed by atoms with Gasteiger partial charge in [-0.25, -0.2) is 4.79 Å². The zero-order valence-corrected chi connectivity index (χ0v) is 17.2. The van der Waals surface area contributed by atoms with Gasteiger partial charge in [0.05, 0.1) is 0 Å². The molecule has 0 unspecified atom stereocenters. The highest BCUT2D eigenvalue weighted by atomic mass is 35.5. The zero-order chi connectivity index (χ0) is 19.7. The van der Waals surface area contributed by atoms with E-state index in [1.807, 2.05) is 28.0 Å². The number of nitrogens with one attached hydrogen (secondary N) is 1. The molecule has 1 aliphatic carbocycles. The second-order valence-electron chi connectivity index (χ2n) is 8.23. The molecule has 152 valence electrons. The smallest absolute Gasteiger partial charge is 0.317 e. The van der Waals surface area contributed by atoms with Crippen LogP contribution < -0.4 is 10.2 Å². The maximum Gasteiger partial charge on any atom is 0.317 e. The van der Waals surface area contributed by atoms with Crippen LogP contribution in [0.25, 0.3) is 0 Å². The minimum atomic E-state index is 0.0407. The maximum absolute atomic E-state index is 12.9. The van der Waals surface area contributed by atoms with Crippen LogP contribution >= 0.6 is 11.6 Å². The van der Waals surface area contributed by atoms with E-state index in [1.54, 1.807) is 0 Å². The van der Waals surface area contributed by atoms with Crippen LogP contribution in [0.3, 0.4) is 0 Å². The van der Waals surface area contributed by atoms with Gasteiger partial charge in [0.2, 0.25) is 5.91 Å². The van der Waals surface area contributed by atoms with Crippen molar-refractivity contribution in [3.63, 3.8) is 0 Å². The summed E-state index contributed by atoms with van der Waals surface area (Å²) in [5.41, 5.74) is 2.37. The van der Waals surface area contributed by atoms with Crippen LogP contribution in [0, 0.1) is 12.8 Å². The topological polar surface area (TPSA) is 55.9 Å². The lowest BCUT2D eigenvalue weighted by atomic mass is 9.95. The third-order valence-corrected chi connectivity index (χ3v) is 6.37. The fourth-order valence-corrected chi connectivity index (χ4v) is 4.34. The van der Waals surface area contributed by atoms with Gasteiger partial charge < -0.3 is 20.0 Å². The minimum absolute atomic E-state index is 0.0407.